The molecule has 2 atom stereocenters. The van der Waals surface area contributed by atoms with Crippen LogP contribution in [0, 0.1) is 0 Å². The smallest absolute Gasteiger partial charge is 0.262 e. The number of fused-ring (bicyclic) bond motifs is 2. The minimum atomic E-state index is -1.04. The highest BCUT2D eigenvalue weighted by Gasteiger charge is 2.44. The van der Waals surface area contributed by atoms with Gasteiger partial charge in [-0.1, -0.05) is 0 Å². The molecule has 4 aliphatic rings. The van der Waals surface area contributed by atoms with E-state index < -0.39 is 29.7 Å². The summed E-state index contributed by atoms with van der Waals surface area (Å²) >= 11 is 0. The molecule has 3 fully saturated rings. The average Bonchev–Trinajstić information content (AvgIpc) is 3.85. The van der Waals surface area contributed by atoms with Gasteiger partial charge in [0.25, 0.3) is 17.4 Å². The van der Waals surface area contributed by atoms with Gasteiger partial charge in [-0.25, -0.2) is 0 Å². The molecule has 2 aromatic heterocycles. The van der Waals surface area contributed by atoms with Crippen molar-refractivity contribution in [2.24, 2.45) is 7.05 Å². The second-order valence-electron chi connectivity index (χ2n) is 16.0. The van der Waals surface area contributed by atoms with Gasteiger partial charge < -0.3 is 33.2 Å². The predicted molar refractivity (Wildman–Crippen MR) is 224 cm³/mol. The first-order valence-electron chi connectivity index (χ1n) is 20.9. The number of hydrogen-bond acceptors (Lipinski definition) is 13. The first-order chi connectivity index (χ1) is 30.0. The molecule has 17 heteroatoms. The van der Waals surface area contributed by atoms with Gasteiger partial charge in [-0.05, 0) is 73.0 Å². The number of amides is 5. The fourth-order valence-electron chi connectivity index (χ4n) is 8.78. The normalized spacial score (nSPS) is 19.6. The highest BCUT2D eigenvalue weighted by Crippen LogP contribution is 2.38. The molecular formula is C45H50N6O11. The minimum Gasteiger partial charge on any atom is -0.496 e. The number of aryl methyl sites for hydroxylation is 1. The Morgan fingerprint density at radius 3 is 2.31 bits per heavy atom. The zero-order chi connectivity index (χ0) is 43.5. The molecular weight excluding hydrogens is 801 g/mol. The number of aromatic nitrogens is 2. The molecule has 0 aliphatic carbocycles. The molecule has 4 aromatic rings. The number of nitrogens with one attached hydrogen (secondary N) is 1. The summed E-state index contributed by atoms with van der Waals surface area (Å²) in [6.07, 6.45) is 8.05. The molecule has 3 saturated heterocycles. The number of piperidine rings is 2. The summed E-state index contributed by atoms with van der Waals surface area (Å²) in [5, 5.41) is 3.54. The molecule has 1 N–H and O–H groups in total. The third kappa shape index (κ3) is 8.78. The Morgan fingerprint density at radius 1 is 0.823 bits per heavy atom. The Hall–Kier alpha value is -6.17. The Kier molecular flexibility index (Phi) is 12.6. The van der Waals surface area contributed by atoms with E-state index >= 15 is 0 Å². The van der Waals surface area contributed by atoms with Gasteiger partial charge in [0.05, 0.1) is 68.1 Å². The van der Waals surface area contributed by atoms with Crippen LogP contribution in [0.2, 0.25) is 0 Å². The second kappa shape index (κ2) is 18.4. The maximum Gasteiger partial charge on any atom is 0.262 e. The standard InChI is InChI=1S/C45H50N6O11/c1-48-25-35(31-8-13-46-23-34(31)43(48)55)27-20-38(58-2)36(39(21-27)59-3)26-49-14-9-28(10-15-49)62-30-11-16-50(24-30)41(53)12-17-60-18-19-61-29-4-5-32-33(22-29)45(57)51(44(32)56)37-6-7-40(52)47-42(37)54/h4-5,8,13,20-23,25,28,30,37H,6-7,9-12,14-19,24,26H2,1-3H3,(H,47,52,54). The van der Waals surface area contributed by atoms with Crippen LogP contribution in [-0.4, -0.2) is 132 Å². The molecule has 0 radical (unpaired) electrons. The van der Waals surface area contributed by atoms with Crippen LogP contribution in [0.4, 0.5) is 0 Å². The van der Waals surface area contributed by atoms with Crippen LogP contribution in [0.1, 0.15) is 64.8 Å². The van der Waals surface area contributed by atoms with Gasteiger partial charge in [-0.15, -0.1) is 0 Å². The summed E-state index contributed by atoms with van der Waals surface area (Å²) < 4.78 is 31.3. The molecule has 2 unspecified atom stereocenters. The van der Waals surface area contributed by atoms with Gasteiger partial charge in [-0.2, -0.15) is 0 Å². The number of carbonyl (C=O) groups excluding carboxylic acids is 5. The number of rotatable bonds is 15. The quantitative estimate of drug-likeness (QED) is 0.136. The van der Waals surface area contributed by atoms with Crippen LogP contribution < -0.4 is 25.1 Å². The monoisotopic (exact) mass is 850 g/mol. The molecule has 0 spiro atoms. The van der Waals surface area contributed by atoms with Crippen LogP contribution >= 0.6 is 0 Å². The number of imide groups is 2. The van der Waals surface area contributed by atoms with Gasteiger partial charge in [0.15, 0.2) is 0 Å². The predicted octanol–water partition coefficient (Wildman–Crippen LogP) is 3.09. The summed E-state index contributed by atoms with van der Waals surface area (Å²) in [6.45, 7) is 4.08. The number of methoxy groups -OCH3 is 2. The molecule has 6 heterocycles. The topological polar surface area (TPSA) is 188 Å². The van der Waals surface area contributed by atoms with E-state index in [1.807, 2.05) is 29.3 Å². The summed E-state index contributed by atoms with van der Waals surface area (Å²) in [6, 6.07) is 9.34. The Bertz CT molecular complexity index is 2440. The van der Waals surface area contributed by atoms with E-state index in [4.69, 9.17) is 23.7 Å². The maximum atomic E-state index is 13.1. The zero-order valence-electron chi connectivity index (χ0n) is 35.1. The van der Waals surface area contributed by atoms with E-state index in [-0.39, 0.29) is 73.9 Å². The second-order valence-corrected chi connectivity index (χ2v) is 16.0. The molecule has 326 valence electrons. The summed E-state index contributed by atoms with van der Waals surface area (Å²) in [4.78, 5) is 84.9. The third-order valence-electron chi connectivity index (χ3n) is 12.1. The van der Waals surface area contributed by atoms with Crippen LogP contribution in [0.3, 0.4) is 0 Å². The number of likely N-dealkylation sites (tertiary alicyclic amines) is 2. The fraction of sp³-hybridized carbons (Fsp3) is 0.444. The summed E-state index contributed by atoms with van der Waals surface area (Å²) in [5.74, 6) is -0.501. The summed E-state index contributed by atoms with van der Waals surface area (Å²) in [7, 11) is 5.04. The molecule has 4 aliphatic heterocycles. The highest BCUT2D eigenvalue weighted by molar-refractivity contribution is 6.23. The molecule has 62 heavy (non-hydrogen) atoms. The molecule has 2 aromatic carbocycles. The molecule has 5 amide bonds. The number of ether oxygens (including phenoxy) is 5. The third-order valence-corrected chi connectivity index (χ3v) is 12.1. The number of nitrogens with zero attached hydrogens (tertiary/aromatic N) is 5. The molecule has 0 bridgehead atoms. The Balaban J connectivity index is 0.751. The lowest BCUT2D eigenvalue weighted by molar-refractivity contribution is -0.136. The van der Waals surface area contributed by atoms with Crippen molar-refractivity contribution in [3.8, 4) is 28.4 Å². The van der Waals surface area contributed by atoms with E-state index in [1.54, 1.807) is 44.3 Å². The molecule has 17 nitrogen and oxygen atoms in total. The van der Waals surface area contributed by atoms with E-state index in [0.29, 0.717) is 42.3 Å². The molecule has 0 saturated carbocycles. The zero-order valence-corrected chi connectivity index (χ0v) is 35.1. The van der Waals surface area contributed by atoms with Crippen LogP contribution in [0.25, 0.3) is 21.9 Å². The van der Waals surface area contributed by atoms with E-state index in [0.717, 1.165) is 59.3 Å². The van der Waals surface area contributed by atoms with Gasteiger partial charge in [0.2, 0.25) is 17.7 Å². The number of hydrogen-bond donors (Lipinski definition) is 1. The van der Waals surface area contributed by atoms with E-state index in [9.17, 15) is 28.8 Å². The first kappa shape index (κ1) is 42.5. The SMILES string of the molecule is COc1cc(-c2cn(C)c(=O)c3cnccc23)cc(OC)c1CN1CCC(OC2CCN(C(=O)CCOCCOc3ccc4c(c3)C(=O)N(C3CCC(=O)NC3=O)C4=O)C2)CC1. The minimum absolute atomic E-state index is 0.00428. The fourth-order valence-corrected chi connectivity index (χ4v) is 8.78. The van der Waals surface area contributed by atoms with Crippen LogP contribution in [-0.2, 0) is 37.4 Å². The van der Waals surface area contributed by atoms with Crippen molar-refractivity contribution in [2.45, 2.75) is 63.3 Å². The highest BCUT2D eigenvalue weighted by atomic mass is 16.5. The van der Waals surface area contributed by atoms with Gasteiger partial charge >= 0.3 is 0 Å². The lowest BCUT2D eigenvalue weighted by Gasteiger charge is -2.33. The summed E-state index contributed by atoms with van der Waals surface area (Å²) in [5.41, 5.74) is 2.91. The van der Waals surface area contributed by atoms with Crippen molar-refractivity contribution in [3.63, 3.8) is 0 Å². The first-order valence-corrected chi connectivity index (χ1v) is 20.9. The van der Waals surface area contributed by atoms with Crippen molar-refractivity contribution in [3.05, 3.63) is 82.0 Å². The van der Waals surface area contributed by atoms with E-state index in [1.165, 1.54) is 12.1 Å². The molecule has 8 rings (SSSR count). The van der Waals surface area contributed by atoms with Crippen molar-refractivity contribution in [1.29, 1.82) is 0 Å². The van der Waals surface area contributed by atoms with E-state index in [2.05, 4.69) is 15.2 Å². The van der Waals surface area contributed by atoms with Crippen LogP contribution in [0.5, 0.6) is 17.2 Å². The van der Waals surface area contributed by atoms with Gasteiger partial charge in [-0.3, -0.25) is 48.9 Å². The Labute approximate surface area is 357 Å². The van der Waals surface area contributed by atoms with Crippen molar-refractivity contribution in [2.75, 3.05) is 60.2 Å². The Morgan fingerprint density at radius 2 is 1.56 bits per heavy atom. The van der Waals surface area contributed by atoms with Gasteiger partial charge in [0, 0.05) is 70.3 Å². The lowest BCUT2D eigenvalue weighted by atomic mass is 9.98. The lowest BCUT2D eigenvalue weighted by Crippen LogP contribution is -2.54. The number of pyridine rings is 2. The number of carbonyl (C=O) groups is 5. The van der Waals surface area contributed by atoms with Crippen molar-refractivity contribution in [1.82, 2.24) is 29.6 Å². The average molecular weight is 851 g/mol. The van der Waals surface area contributed by atoms with Crippen molar-refractivity contribution < 1.29 is 47.7 Å². The van der Waals surface area contributed by atoms with Crippen LogP contribution in [0.15, 0.2) is 59.8 Å². The van der Waals surface area contributed by atoms with Gasteiger partial charge in [0.1, 0.15) is 29.9 Å². The largest absolute Gasteiger partial charge is 0.496 e. The van der Waals surface area contributed by atoms with Crippen molar-refractivity contribution >= 4 is 40.3 Å². The number of benzene rings is 2. The maximum absolute atomic E-state index is 13.1.